The van der Waals surface area contributed by atoms with E-state index in [-0.39, 0.29) is 17.0 Å². The van der Waals surface area contributed by atoms with E-state index in [1.165, 1.54) is 24.3 Å². The van der Waals surface area contributed by atoms with E-state index in [9.17, 15) is 14.9 Å². The molecule has 0 atom stereocenters. The molecule has 0 aliphatic carbocycles. The molecule has 0 fully saturated rings. The number of hydrogen-bond acceptors (Lipinski definition) is 4. The fourth-order valence-corrected chi connectivity index (χ4v) is 2.36. The van der Waals surface area contributed by atoms with Gasteiger partial charge in [-0.25, -0.2) is 0 Å². The van der Waals surface area contributed by atoms with E-state index < -0.39 is 4.92 Å². The second-order valence-electron chi connectivity index (χ2n) is 5.46. The third-order valence-electron chi connectivity index (χ3n) is 3.61. The first kappa shape index (κ1) is 16.3. The van der Waals surface area contributed by atoms with E-state index in [1.54, 1.807) is 23.0 Å². The van der Waals surface area contributed by atoms with Crippen LogP contribution in [0.25, 0.3) is 6.08 Å². The fourth-order valence-electron chi connectivity index (χ4n) is 2.36. The fraction of sp³-hybridized carbons (Fsp3) is 0.0526. The molecule has 0 saturated heterocycles. The highest BCUT2D eigenvalue weighted by molar-refractivity contribution is 6.07. The predicted molar refractivity (Wildman–Crippen MR) is 94.2 cm³/mol. The highest BCUT2D eigenvalue weighted by Gasteiger charge is 2.09. The van der Waals surface area contributed by atoms with Gasteiger partial charge in [0.25, 0.3) is 5.69 Å². The van der Waals surface area contributed by atoms with Crippen molar-refractivity contribution in [3.05, 3.63) is 99.9 Å². The molecule has 2 aromatic carbocycles. The second-order valence-corrected chi connectivity index (χ2v) is 5.46. The zero-order valence-electron chi connectivity index (χ0n) is 13.3. The van der Waals surface area contributed by atoms with Crippen LogP contribution in [0.3, 0.4) is 0 Å². The minimum atomic E-state index is -0.520. The molecule has 0 spiro atoms. The van der Waals surface area contributed by atoms with Gasteiger partial charge in [-0.3, -0.25) is 19.6 Å². The third-order valence-corrected chi connectivity index (χ3v) is 3.61. The quantitative estimate of drug-likeness (QED) is 0.298. The molecule has 0 saturated carbocycles. The van der Waals surface area contributed by atoms with Crippen molar-refractivity contribution in [1.29, 1.82) is 0 Å². The van der Waals surface area contributed by atoms with Gasteiger partial charge in [0.1, 0.15) is 0 Å². The van der Waals surface area contributed by atoms with Crippen molar-refractivity contribution in [3.8, 4) is 0 Å². The van der Waals surface area contributed by atoms with Crippen molar-refractivity contribution in [3.63, 3.8) is 0 Å². The van der Waals surface area contributed by atoms with Crippen LogP contribution in [0.15, 0.2) is 73.1 Å². The summed E-state index contributed by atoms with van der Waals surface area (Å²) in [6.45, 7) is 0.646. The average molecular weight is 333 g/mol. The lowest BCUT2D eigenvalue weighted by Crippen LogP contribution is -1.99. The monoisotopic (exact) mass is 333 g/mol. The zero-order valence-corrected chi connectivity index (χ0v) is 13.3. The lowest BCUT2D eigenvalue weighted by molar-refractivity contribution is -0.384. The molecule has 1 heterocycles. The van der Waals surface area contributed by atoms with Crippen molar-refractivity contribution in [2.24, 2.45) is 0 Å². The number of aromatic nitrogens is 2. The van der Waals surface area contributed by atoms with Gasteiger partial charge in [0.2, 0.25) is 0 Å². The second kappa shape index (κ2) is 7.35. The number of hydrogen-bond donors (Lipinski definition) is 0. The van der Waals surface area contributed by atoms with Gasteiger partial charge >= 0.3 is 0 Å². The van der Waals surface area contributed by atoms with E-state index >= 15 is 0 Å². The summed E-state index contributed by atoms with van der Waals surface area (Å²) >= 11 is 0. The molecule has 6 nitrogen and oxygen atoms in total. The van der Waals surface area contributed by atoms with Crippen LogP contribution in [0, 0.1) is 10.1 Å². The normalized spacial score (nSPS) is 10.9. The Labute approximate surface area is 144 Å². The Morgan fingerprint density at radius 2 is 1.96 bits per heavy atom. The van der Waals surface area contributed by atoms with Crippen LogP contribution >= 0.6 is 0 Å². The lowest BCUT2D eigenvalue weighted by atomic mass is 10.1. The minimum Gasteiger partial charge on any atom is -0.289 e. The van der Waals surface area contributed by atoms with E-state index in [4.69, 9.17) is 0 Å². The lowest BCUT2D eigenvalue weighted by Gasteiger charge is -2.00. The van der Waals surface area contributed by atoms with Crippen LogP contribution in [0.2, 0.25) is 0 Å². The molecule has 6 heteroatoms. The molecule has 0 bridgehead atoms. The summed E-state index contributed by atoms with van der Waals surface area (Å²) in [5.74, 6) is -0.292. The number of benzene rings is 2. The highest BCUT2D eigenvalue weighted by atomic mass is 16.6. The Hall–Kier alpha value is -3.54. The topological polar surface area (TPSA) is 78.0 Å². The van der Waals surface area contributed by atoms with Crippen LogP contribution in [-0.2, 0) is 6.54 Å². The first-order valence-corrected chi connectivity index (χ1v) is 7.65. The van der Waals surface area contributed by atoms with Gasteiger partial charge < -0.3 is 0 Å². The first-order chi connectivity index (χ1) is 12.1. The summed E-state index contributed by atoms with van der Waals surface area (Å²) in [4.78, 5) is 22.4. The molecule has 0 amide bonds. The molecule has 124 valence electrons. The summed E-state index contributed by atoms with van der Waals surface area (Å²) in [5.41, 5.74) is 2.10. The largest absolute Gasteiger partial charge is 0.289 e. The number of nitrogens with zero attached hydrogens (tertiary/aromatic N) is 3. The number of non-ortho nitro benzene ring substituents is 1. The molecule has 1 aromatic heterocycles. The van der Waals surface area contributed by atoms with Gasteiger partial charge in [-0.1, -0.05) is 42.5 Å². The average Bonchev–Trinajstić information content (AvgIpc) is 3.08. The predicted octanol–water partition coefficient (Wildman–Crippen LogP) is 3.74. The molecule has 0 N–H and O–H groups in total. The summed E-state index contributed by atoms with van der Waals surface area (Å²) in [7, 11) is 0. The van der Waals surface area contributed by atoms with Crippen LogP contribution in [0.1, 0.15) is 21.5 Å². The number of nitro groups is 1. The zero-order chi connectivity index (χ0) is 17.6. The maximum Gasteiger partial charge on any atom is 0.270 e. The van der Waals surface area contributed by atoms with Gasteiger partial charge in [0.05, 0.1) is 17.7 Å². The molecular formula is C19H15N3O3. The Bertz CT molecular complexity index is 930. The van der Waals surface area contributed by atoms with E-state index in [0.717, 1.165) is 11.1 Å². The maximum absolute atomic E-state index is 12.2. The third kappa shape index (κ3) is 4.26. The molecule has 3 aromatic rings. The van der Waals surface area contributed by atoms with E-state index in [1.807, 2.05) is 36.5 Å². The Kier molecular flexibility index (Phi) is 4.80. The molecule has 0 aliphatic rings. The van der Waals surface area contributed by atoms with Crippen LogP contribution in [0.5, 0.6) is 0 Å². The molecule has 0 aliphatic heterocycles. The molecule has 25 heavy (non-hydrogen) atoms. The van der Waals surface area contributed by atoms with E-state index in [0.29, 0.717) is 6.54 Å². The number of rotatable bonds is 6. The maximum atomic E-state index is 12.2. The Morgan fingerprint density at radius 3 is 2.72 bits per heavy atom. The van der Waals surface area contributed by atoms with Gasteiger partial charge in [-0.2, -0.15) is 5.10 Å². The van der Waals surface area contributed by atoms with Crippen molar-refractivity contribution in [1.82, 2.24) is 9.78 Å². The van der Waals surface area contributed by atoms with Crippen molar-refractivity contribution in [2.75, 3.05) is 0 Å². The molecule has 3 rings (SSSR count). The smallest absolute Gasteiger partial charge is 0.270 e. The number of allylic oxidation sites excluding steroid dienone is 1. The Balaban J connectivity index is 1.69. The van der Waals surface area contributed by atoms with Crippen molar-refractivity contribution in [2.45, 2.75) is 6.54 Å². The Morgan fingerprint density at radius 1 is 1.16 bits per heavy atom. The van der Waals surface area contributed by atoms with Gasteiger partial charge in [0, 0.05) is 29.5 Å². The SMILES string of the molecule is O=C(/C=C/c1cnn(Cc2ccccc2)c1)c1cccc([N+](=O)[O-])c1. The summed E-state index contributed by atoms with van der Waals surface area (Å²) < 4.78 is 1.78. The van der Waals surface area contributed by atoms with Crippen molar-refractivity contribution < 1.29 is 9.72 Å². The van der Waals surface area contributed by atoms with Crippen molar-refractivity contribution >= 4 is 17.5 Å². The number of carbonyl (C=O) groups is 1. The van der Waals surface area contributed by atoms with Crippen LogP contribution < -0.4 is 0 Å². The summed E-state index contributed by atoms with van der Waals surface area (Å²) in [6.07, 6.45) is 6.54. The van der Waals surface area contributed by atoms with Crippen LogP contribution in [-0.4, -0.2) is 20.5 Å². The number of nitro benzene ring substituents is 1. The minimum absolute atomic E-state index is 0.102. The van der Waals surface area contributed by atoms with Gasteiger partial charge in [-0.05, 0) is 17.7 Å². The summed E-state index contributed by atoms with van der Waals surface area (Å²) in [5, 5.41) is 15.0. The highest BCUT2D eigenvalue weighted by Crippen LogP contribution is 2.14. The standard InChI is InChI=1S/C19H15N3O3/c23-19(17-7-4-8-18(11-17)22(24)25)10-9-16-12-20-21(14-16)13-15-5-2-1-3-6-15/h1-12,14H,13H2/b10-9+. The van der Waals surface area contributed by atoms with Gasteiger partial charge in [-0.15, -0.1) is 0 Å². The summed E-state index contributed by atoms with van der Waals surface area (Å²) in [6, 6.07) is 15.6. The number of carbonyl (C=O) groups excluding carboxylic acids is 1. The molecular weight excluding hydrogens is 318 g/mol. The number of ketones is 1. The molecule has 0 unspecified atom stereocenters. The van der Waals surface area contributed by atoms with Gasteiger partial charge in [0.15, 0.2) is 5.78 Å². The molecule has 0 radical (unpaired) electrons. The first-order valence-electron chi connectivity index (χ1n) is 7.65. The van der Waals surface area contributed by atoms with Crippen LogP contribution in [0.4, 0.5) is 5.69 Å². The van der Waals surface area contributed by atoms with E-state index in [2.05, 4.69) is 5.10 Å².